The summed E-state index contributed by atoms with van der Waals surface area (Å²) < 4.78 is 6.59. The Kier molecular flexibility index (Phi) is 7.02. The maximum absolute atomic E-state index is 6.59. The lowest BCUT2D eigenvalue weighted by Gasteiger charge is -2.40. The third-order valence-corrected chi connectivity index (χ3v) is 11.1. The van der Waals surface area contributed by atoms with Gasteiger partial charge in [0.15, 0.2) is 0 Å². The molecule has 1 heterocycles. The molecule has 0 saturated heterocycles. The van der Waals surface area contributed by atoms with Crippen molar-refractivity contribution >= 4 is 11.3 Å². The van der Waals surface area contributed by atoms with Crippen molar-refractivity contribution in [1.82, 2.24) is 0 Å². The summed E-state index contributed by atoms with van der Waals surface area (Å²) in [6.45, 7) is 0. The predicted octanol–water partition coefficient (Wildman–Crippen LogP) is 12.3. The molecule has 0 fully saturated rings. The first kappa shape index (κ1) is 29.8. The first-order valence-electron chi connectivity index (χ1n) is 18.0. The highest BCUT2D eigenvalue weighted by molar-refractivity contribution is 5.92. The van der Waals surface area contributed by atoms with Gasteiger partial charge < -0.3 is 10.1 Å². The minimum Gasteiger partial charge on any atom is -0.457 e. The fourth-order valence-corrected chi connectivity index (χ4v) is 8.86. The highest BCUT2D eigenvalue weighted by Gasteiger charge is 2.52. The van der Waals surface area contributed by atoms with E-state index in [1.54, 1.807) is 0 Å². The largest absolute Gasteiger partial charge is 0.457 e. The van der Waals surface area contributed by atoms with Crippen molar-refractivity contribution in [2.45, 2.75) is 30.2 Å². The maximum atomic E-state index is 6.59. The number of rotatable bonds is 5. The van der Waals surface area contributed by atoms with Crippen molar-refractivity contribution in [3.8, 4) is 33.8 Å². The van der Waals surface area contributed by atoms with Crippen LogP contribution in [-0.4, -0.2) is 6.04 Å². The average Bonchev–Trinajstić information content (AvgIpc) is 3.48. The summed E-state index contributed by atoms with van der Waals surface area (Å²) in [4.78, 5) is 0. The van der Waals surface area contributed by atoms with Gasteiger partial charge in [-0.1, -0.05) is 152 Å². The molecule has 0 saturated carbocycles. The summed E-state index contributed by atoms with van der Waals surface area (Å²) in [7, 11) is 0. The third-order valence-electron chi connectivity index (χ3n) is 11.1. The first-order valence-corrected chi connectivity index (χ1v) is 18.0. The van der Waals surface area contributed by atoms with E-state index >= 15 is 0 Å². The van der Waals surface area contributed by atoms with Crippen LogP contribution in [0.1, 0.15) is 46.6 Å². The fraction of sp³-hybridized carbons (Fsp3) is 0.102. The molecule has 1 N–H and O–H groups in total. The van der Waals surface area contributed by atoms with Crippen molar-refractivity contribution < 1.29 is 4.74 Å². The second-order valence-corrected chi connectivity index (χ2v) is 14.0. The Morgan fingerprint density at radius 3 is 1.96 bits per heavy atom. The molecular weight excluding hydrogens is 619 g/mol. The number of allylic oxidation sites excluding steroid dienone is 6. The Labute approximate surface area is 299 Å². The van der Waals surface area contributed by atoms with Gasteiger partial charge in [0, 0.05) is 28.8 Å². The van der Waals surface area contributed by atoms with Crippen molar-refractivity contribution in [1.29, 1.82) is 0 Å². The summed E-state index contributed by atoms with van der Waals surface area (Å²) in [6.07, 6.45) is 15.6. The van der Waals surface area contributed by atoms with Crippen molar-refractivity contribution in [3.05, 3.63) is 215 Å². The zero-order valence-corrected chi connectivity index (χ0v) is 28.3. The zero-order valence-electron chi connectivity index (χ0n) is 28.3. The van der Waals surface area contributed by atoms with Gasteiger partial charge in [0.1, 0.15) is 11.5 Å². The molecule has 2 heteroatoms. The lowest BCUT2D eigenvalue weighted by Crippen LogP contribution is -2.33. The van der Waals surface area contributed by atoms with Crippen LogP contribution >= 0.6 is 0 Å². The SMILES string of the molecule is C1=CCC(c2cc(NC3C=CC4=C(C3)c3cc(-c5ccccc5)ccc3C43c4ccccc4Oc4ccccc43)cc(-c3ccccc3)c2)C=C1. The molecule has 6 aromatic carbocycles. The molecule has 4 aliphatic rings. The zero-order chi connectivity index (χ0) is 33.8. The van der Waals surface area contributed by atoms with Crippen LogP contribution in [0.15, 0.2) is 188 Å². The van der Waals surface area contributed by atoms with Crippen LogP contribution in [0.4, 0.5) is 5.69 Å². The van der Waals surface area contributed by atoms with Crippen molar-refractivity contribution in [2.24, 2.45) is 0 Å². The smallest absolute Gasteiger partial charge is 0.132 e. The molecule has 0 aromatic heterocycles. The van der Waals surface area contributed by atoms with Crippen molar-refractivity contribution in [3.63, 3.8) is 0 Å². The fourth-order valence-electron chi connectivity index (χ4n) is 8.86. The number of anilines is 1. The summed E-state index contributed by atoms with van der Waals surface area (Å²) in [5.74, 6) is 2.21. The van der Waals surface area contributed by atoms with E-state index in [0.717, 1.165) is 30.0 Å². The molecule has 3 aliphatic carbocycles. The molecule has 2 unspecified atom stereocenters. The van der Waals surface area contributed by atoms with Gasteiger partial charge in [-0.3, -0.25) is 0 Å². The number of benzene rings is 6. The van der Waals surface area contributed by atoms with Crippen LogP contribution < -0.4 is 10.1 Å². The second-order valence-electron chi connectivity index (χ2n) is 14.0. The molecule has 10 rings (SSSR count). The normalized spacial score (nSPS) is 18.8. The Balaban J connectivity index is 1.11. The van der Waals surface area contributed by atoms with Gasteiger partial charge in [-0.25, -0.2) is 0 Å². The van der Waals surface area contributed by atoms with E-state index in [1.807, 2.05) is 0 Å². The maximum Gasteiger partial charge on any atom is 0.132 e. The van der Waals surface area contributed by atoms with E-state index in [4.69, 9.17) is 4.74 Å². The first-order chi connectivity index (χ1) is 25.3. The Hall–Kier alpha value is -6.12. The number of hydrogen-bond donors (Lipinski definition) is 1. The molecule has 0 amide bonds. The third kappa shape index (κ3) is 4.86. The van der Waals surface area contributed by atoms with E-state index in [-0.39, 0.29) is 6.04 Å². The van der Waals surface area contributed by atoms with Crippen LogP contribution in [0.3, 0.4) is 0 Å². The van der Waals surface area contributed by atoms with E-state index in [1.165, 1.54) is 61.2 Å². The van der Waals surface area contributed by atoms with Gasteiger partial charge in [0.2, 0.25) is 0 Å². The van der Waals surface area contributed by atoms with E-state index in [2.05, 4.69) is 187 Å². The summed E-state index contributed by atoms with van der Waals surface area (Å²) in [6, 6.07) is 53.0. The van der Waals surface area contributed by atoms with Gasteiger partial charge in [0.05, 0.1) is 5.41 Å². The molecule has 1 spiro atoms. The molecule has 2 atom stereocenters. The molecule has 0 radical (unpaired) electrons. The van der Waals surface area contributed by atoms with Gasteiger partial charge in [0.25, 0.3) is 0 Å². The van der Waals surface area contributed by atoms with Crippen LogP contribution in [0, 0.1) is 0 Å². The quantitative estimate of drug-likeness (QED) is 0.200. The Morgan fingerprint density at radius 2 is 1.25 bits per heavy atom. The molecule has 2 nitrogen and oxygen atoms in total. The van der Waals surface area contributed by atoms with Gasteiger partial charge in [-0.15, -0.1) is 0 Å². The lowest BCUT2D eigenvalue weighted by molar-refractivity contribution is 0.435. The van der Waals surface area contributed by atoms with Gasteiger partial charge in [-0.2, -0.15) is 0 Å². The molecular formula is C49H37NO. The number of para-hydroxylation sites is 2. The monoisotopic (exact) mass is 655 g/mol. The molecule has 6 aromatic rings. The van der Waals surface area contributed by atoms with Crippen LogP contribution in [0.5, 0.6) is 11.5 Å². The van der Waals surface area contributed by atoms with Gasteiger partial charge >= 0.3 is 0 Å². The van der Waals surface area contributed by atoms with E-state index in [0.29, 0.717) is 5.92 Å². The van der Waals surface area contributed by atoms with E-state index < -0.39 is 5.41 Å². The number of hydrogen-bond acceptors (Lipinski definition) is 2. The summed E-state index contributed by atoms with van der Waals surface area (Å²) in [5.41, 5.74) is 14.8. The minimum absolute atomic E-state index is 0.123. The molecule has 0 bridgehead atoms. The van der Waals surface area contributed by atoms with Crippen LogP contribution in [0.2, 0.25) is 0 Å². The summed E-state index contributed by atoms with van der Waals surface area (Å²) in [5, 5.41) is 4.00. The highest BCUT2D eigenvalue weighted by atomic mass is 16.5. The molecule has 244 valence electrons. The topological polar surface area (TPSA) is 21.3 Å². The lowest BCUT2D eigenvalue weighted by atomic mass is 9.64. The Bertz CT molecular complexity index is 2380. The number of ether oxygens (including phenoxy) is 1. The standard InChI is InChI=1S/C49H37NO/c1-4-14-33(15-5-1)36-24-26-43-41(31-36)42-32-39(25-27-44(42)49(43)45-20-10-12-22-47(45)51-48-23-13-11-21-46(48)49)50-40-29-37(34-16-6-2-7-17-34)28-38(30-40)35-18-8-3-9-19-35/h1-18,20-31,35,39,50H,19,32H2. The van der Waals surface area contributed by atoms with Crippen LogP contribution in [0.25, 0.3) is 27.8 Å². The van der Waals surface area contributed by atoms with Crippen LogP contribution in [-0.2, 0) is 5.41 Å². The second kappa shape index (κ2) is 12.0. The Morgan fingerprint density at radius 1 is 0.569 bits per heavy atom. The van der Waals surface area contributed by atoms with Gasteiger partial charge in [-0.05, 0) is 93.3 Å². The minimum atomic E-state index is -0.464. The summed E-state index contributed by atoms with van der Waals surface area (Å²) >= 11 is 0. The molecule has 51 heavy (non-hydrogen) atoms. The average molecular weight is 656 g/mol. The van der Waals surface area contributed by atoms with E-state index in [9.17, 15) is 0 Å². The highest BCUT2D eigenvalue weighted by Crippen LogP contribution is 2.63. The number of fused-ring (bicyclic) bond motifs is 8. The number of nitrogens with one attached hydrogen (secondary N) is 1. The predicted molar refractivity (Wildman–Crippen MR) is 210 cm³/mol. The molecule has 1 aliphatic heterocycles. The van der Waals surface area contributed by atoms with Crippen molar-refractivity contribution in [2.75, 3.05) is 5.32 Å².